The number of piperidine rings is 1. The van der Waals surface area contributed by atoms with E-state index in [4.69, 9.17) is 4.74 Å². The Bertz CT molecular complexity index is 822. The Morgan fingerprint density at radius 2 is 1.76 bits per heavy atom. The van der Waals surface area contributed by atoms with E-state index in [9.17, 15) is 0 Å². The number of nitrogens with one attached hydrogen (secondary N) is 1. The number of hydrogen-bond donors (Lipinski definition) is 1. The molecule has 1 aliphatic carbocycles. The van der Waals surface area contributed by atoms with Crippen molar-refractivity contribution >= 4 is 5.82 Å². The van der Waals surface area contributed by atoms with E-state index in [1.165, 1.54) is 49.8 Å². The van der Waals surface area contributed by atoms with Crippen LogP contribution in [0.25, 0.3) is 0 Å². The highest BCUT2D eigenvalue weighted by atomic mass is 16.5. The number of anilines is 1. The fraction of sp³-hybridized carbons (Fsp3) is 0.667. The minimum Gasteiger partial charge on any atom is -0.379 e. The first-order valence-corrected chi connectivity index (χ1v) is 13.2. The van der Waals surface area contributed by atoms with Crippen molar-refractivity contribution in [3.05, 3.63) is 47.2 Å². The van der Waals surface area contributed by atoms with Crippen LogP contribution in [0.4, 0.5) is 5.82 Å². The van der Waals surface area contributed by atoms with Crippen LogP contribution >= 0.6 is 0 Å². The van der Waals surface area contributed by atoms with Crippen molar-refractivity contribution in [2.75, 3.05) is 51.3 Å². The predicted molar refractivity (Wildman–Crippen MR) is 139 cm³/mol. The van der Waals surface area contributed by atoms with Gasteiger partial charge in [-0.3, -0.25) is 9.88 Å². The van der Waals surface area contributed by atoms with Crippen molar-refractivity contribution in [2.45, 2.75) is 71.9 Å². The third-order valence-corrected chi connectivity index (χ3v) is 6.68. The van der Waals surface area contributed by atoms with Gasteiger partial charge in [0, 0.05) is 56.7 Å². The van der Waals surface area contributed by atoms with E-state index in [-0.39, 0.29) is 0 Å². The maximum Gasteiger partial charge on any atom is 0.132 e. The molecule has 2 aliphatic heterocycles. The lowest BCUT2D eigenvalue weighted by Gasteiger charge is -2.40. The van der Waals surface area contributed by atoms with Crippen LogP contribution in [0.15, 0.2) is 24.4 Å². The first kappa shape index (κ1) is 26.5. The van der Waals surface area contributed by atoms with Gasteiger partial charge in [-0.25, -0.2) is 9.97 Å². The summed E-state index contributed by atoms with van der Waals surface area (Å²) in [6.45, 7) is 12.9. The quantitative estimate of drug-likeness (QED) is 0.732. The zero-order valence-electron chi connectivity index (χ0n) is 21.7. The molecule has 188 valence electrons. The van der Waals surface area contributed by atoms with Gasteiger partial charge in [0.1, 0.15) is 11.6 Å². The minimum absolute atomic E-state index is 0.708. The average Bonchev–Trinajstić information content (AvgIpc) is 2.91. The molecule has 0 unspecified atom stereocenters. The van der Waals surface area contributed by atoms with Crippen LogP contribution < -0.4 is 10.2 Å². The fourth-order valence-electron chi connectivity index (χ4n) is 4.98. The molecule has 0 aromatic carbocycles. The molecule has 1 N–H and O–H groups in total. The minimum atomic E-state index is 0.708. The van der Waals surface area contributed by atoms with Gasteiger partial charge in [-0.1, -0.05) is 19.9 Å². The molecule has 3 aliphatic rings. The Balaban J connectivity index is 0.000000224. The molecular formula is C27H44N6O. The van der Waals surface area contributed by atoms with Gasteiger partial charge in [0.15, 0.2) is 0 Å². The van der Waals surface area contributed by atoms with Crippen LogP contribution in [0.1, 0.15) is 62.3 Å². The standard InChI is InChI=1S/C16H27N5O.C9H11N.C2H6/c1-13-18-14(12-17-2)11-16(19-13)21-5-3-15(4-6-21)20-7-9-22-10-8-20;1-2-6-9-8(4-1)5-3-7-10-9;1-2/h11,15,17H,3-10,12H2,1-2H3;3,5,7H,1-2,4,6H2;1-2H3. The van der Waals surface area contributed by atoms with Gasteiger partial charge in [-0.15, -0.1) is 0 Å². The smallest absolute Gasteiger partial charge is 0.132 e. The normalized spacial score (nSPS) is 18.8. The summed E-state index contributed by atoms with van der Waals surface area (Å²) in [6.07, 6.45) is 9.42. The second-order valence-corrected chi connectivity index (χ2v) is 8.98. The maximum absolute atomic E-state index is 5.46. The first-order valence-electron chi connectivity index (χ1n) is 13.2. The van der Waals surface area contributed by atoms with E-state index >= 15 is 0 Å². The SMILES string of the molecule is CC.CNCc1cc(N2CCC(N3CCOCC3)CC2)nc(C)n1.c1cnc2c(c1)CCCC2. The van der Waals surface area contributed by atoms with Gasteiger partial charge < -0.3 is 15.0 Å². The first-order chi connectivity index (χ1) is 16.7. The molecule has 0 bridgehead atoms. The third kappa shape index (κ3) is 7.72. The van der Waals surface area contributed by atoms with Gasteiger partial charge in [0.05, 0.1) is 18.9 Å². The van der Waals surface area contributed by atoms with Crippen LogP contribution in [-0.2, 0) is 24.1 Å². The predicted octanol–water partition coefficient (Wildman–Crippen LogP) is 3.79. The number of hydrogen-bond acceptors (Lipinski definition) is 7. The monoisotopic (exact) mass is 468 g/mol. The van der Waals surface area contributed by atoms with Crippen molar-refractivity contribution < 1.29 is 4.74 Å². The molecule has 5 rings (SSSR count). The second kappa shape index (κ2) is 14.3. The van der Waals surface area contributed by atoms with Crippen LogP contribution in [0.2, 0.25) is 0 Å². The highest BCUT2D eigenvalue weighted by Crippen LogP contribution is 2.22. The molecular weight excluding hydrogens is 424 g/mol. The molecule has 7 nitrogen and oxygen atoms in total. The summed E-state index contributed by atoms with van der Waals surface area (Å²) >= 11 is 0. The molecule has 2 aromatic heterocycles. The topological polar surface area (TPSA) is 66.4 Å². The molecule has 7 heteroatoms. The molecule has 0 saturated carbocycles. The highest BCUT2D eigenvalue weighted by Gasteiger charge is 2.26. The molecule has 2 fully saturated rings. The highest BCUT2D eigenvalue weighted by molar-refractivity contribution is 5.40. The zero-order chi connectivity index (χ0) is 24.2. The third-order valence-electron chi connectivity index (χ3n) is 6.68. The summed E-state index contributed by atoms with van der Waals surface area (Å²) in [5, 5.41) is 3.16. The zero-order valence-corrected chi connectivity index (χ0v) is 21.7. The number of ether oxygens (including phenoxy) is 1. The van der Waals surface area contributed by atoms with E-state index in [0.29, 0.717) is 6.04 Å². The van der Waals surface area contributed by atoms with E-state index in [0.717, 1.165) is 63.3 Å². The number of pyridine rings is 1. The summed E-state index contributed by atoms with van der Waals surface area (Å²) in [5.41, 5.74) is 3.86. The molecule has 4 heterocycles. The summed E-state index contributed by atoms with van der Waals surface area (Å²) < 4.78 is 5.46. The summed E-state index contributed by atoms with van der Waals surface area (Å²) in [7, 11) is 1.95. The van der Waals surface area contributed by atoms with E-state index in [1.807, 2.05) is 40.1 Å². The van der Waals surface area contributed by atoms with Gasteiger partial charge in [0.2, 0.25) is 0 Å². The lowest BCUT2D eigenvalue weighted by molar-refractivity contribution is 0.0114. The van der Waals surface area contributed by atoms with Crippen LogP contribution in [0, 0.1) is 6.92 Å². The molecule has 2 aromatic rings. The molecule has 34 heavy (non-hydrogen) atoms. The molecule has 0 atom stereocenters. The van der Waals surface area contributed by atoms with Crippen molar-refractivity contribution in [3.63, 3.8) is 0 Å². The number of nitrogens with zero attached hydrogens (tertiary/aromatic N) is 5. The van der Waals surface area contributed by atoms with E-state index in [1.54, 1.807) is 0 Å². The molecule has 0 spiro atoms. The van der Waals surface area contributed by atoms with E-state index in [2.05, 4.69) is 42.2 Å². The maximum atomic E-state index is 5.46. The van der Waals surface area contributed by atoms with Gasteiger partial charge >= 0.3 is 0 Å². The molecule has 0 radical (unpaired) electrons. The van der Waals surface area contributed by atoms with Gasteiger partial charge in [0.25, 0.3) is 0 Å². The van der Waals surface area contributed by atoms with Crippen molar-refractivity contribution in [1.82, 2.24) is 25.2 Å². The Morgan fingerprint density at radius 3 is 2.47 bits per heavy atom. The Morgan fingerprint density at radius 1 is 1.03 bits per heavy atom. The van der Waals surface area contributed by atoms with Gasteiger partial charge in [-0.05, 0) is 64.1 Å². The Hall–Kier alpha value is -2.09. The van der Waals surface area contributed by atoms with Crippen LogP contribution in [0.3, 0.4) is 0 Å². The summed E-state index contributed by atoms with van der Waals surface area (Å²) in [5.74, 6) is 1.94. The Labute approximate surface area is 206 Å². The number of fused-ring (bicyclic) bond motifs is 1. The van der Waals surface area contributed by atoms with Crippen LogP contribution in [0.5, 0.6) is 0 Å². The number of aryl methyl sites for hydroxylation is 3. The molecule has 2 saturated heterocycles. The van der Waals surface area contributed by atoms with E-state index < -0.39 is 0 Å². The van der Waals surface area contributed by atoms with Gasteiger partial charge in [-0.2, -0.15) is 0 Å². The summed E-state index contributed by atoms with van der Waals surface area (Å²) in [4.78, 5) is 18.4. The summed E-state index contributed by atoms with van der Waals surface area (Å²) in [6, 6.07) is 7.06. The molecule has 0 amide bonds. The average molecular weight is 469 g/mol. The largest absolute Gasteiger partial charge is 0.379 e. The van der Waals surface area contributed by atoms with Crippen LogP contribution in [-0.4, -0.2) is 72.3 Å². The van der Waals surface area contributed by atoms with Crippen molar-refractivity contribution in [2.24, 2.45) is 0 Å². The lowest BCUT2D eigenvalue weighted by atomic mass is 9.96. The number of rotatable bonds is 4. The van der Waals surface area contributed by atoms with Crippen molar-refractivity contribution in [1.29, 1.82) is 0 Å². The lowest BCUT2D eigenvalue weighted by Crippen LogP contribution is -2.49. The second-order valence-electron chi connectivity index (χ2n) is 8.98. The fourth-order valence-corrected chi connectivity index (χ4v) is 4.98. The Kier molecular flexibility index (Phi) is 11.2. The van der Waals surface area contributed by atoms with Crippen molar-refractivity contribution in [3.8, 4) is 0 Å². The number of morpholine rings is 1. The number of aromatic nitrogens is 3.